The molecule has 4 rings (SSSR count). The molecular formula is C18H18BNO4S. The predicted octanol–water partition coefficient (Wildman–Crippen LogP) is 1.94. The maximum absolute atomic E-state index is 9.98. The maximum Gasteiger partial charge on any atom is 0.491 e. The van der Waals surface area contributed by atoms with E-state index in [1.54, 1.807) is 18.9 Å². The van der Waals surface area contributed by atoms with Crippen molar-refractivity contribution in [2.75, 3.05) is 19.5 Å². The topological polar surface area (TPSA) is 63.9 Å². The van der Waals surface area contributed by atoms with Gasteiger partial charge in [-0.15, -0.1) is 11.8 Å². The maximum atomic E-state index is 9.98. The van der Waals surface area contributed by atoms with E-state index in [1.807, 2.05) is 36.4 Å². The van der Waals surface area contributed by atoms with E-state index in [-0.39, 0.29) is 6.61 Å². The van der Waals surface area contributed by atoms with Crippen LogP contribution in [0.1, 0.15) is 5.56 Å². The molecule has 2 aromatic carbocycles. The zero-order valence-electron chi connectivity index (χ0n) is 13.8. The number of rotatable bonds is 5. The highest BCUT2D eigenvalue weighted by Crippen LogP contribution is 2.34. The summed E-state index contributed by atoms with van der Waals surface area (Å²) < 4.78 is 12.7. The van der Waals surface area contributed by atoms with Gasteiger partial charge in [0.25, 0.3) is 0 Å². The van der Waals surface area contributed by atoms with Crippen LogP contribution >= 0.6 is 11.8 Å². The Labute approximate surface area is 150 Å². The van der Waals surface area contributed by atoms with Crippen molar-refractivity contribution in [2.24, 2.45) is 0 Å². The first-order valence-corrected chi connectivity index (χ1v) is 9.05. The molecular weight excluding hydrogens is 337 g/mol. The molecule has 0 fully saturated rings. The first-order valence-electron chi connectivity index (χ1n) is 8.07. The fourth-order valence-corrected chi connectivity index (χ4v) is 3.95. The lowest BCUT2D eigenvalue weighted by molar-refractivity contribution is 0.275. The van der Waals surface area contributed by atoms with Crippen LogP contribution in [0.3, 0.4) is 0 Å². The minimum atomic E-state index is -0.861. The summed E-state index contributed by atoms with van der Waals surface area (Å²) in [5, 5.41) is 20.2. The average molecular weight is 355 g/mol. The van der Waals surface area contributed by atoms with E-state index >= 15 is 0 Å². The standard InChI is InChI=1S/C18H18BNO4S/c1-23-14-4-5-17-15(9-14)18(25-7-6-21)10-20(17)13-3-2-12-11-24-19(22)16(12)8-13/h2-5,8-10,21-22H,6-7,11H2,1H3. The van der Waals surface area contributed by atoms with Crippen molar-refractivity contribution in [1.82, 2.24) is 4.57 Å². The van der Waals surface area contributed by atoms with Gasteiger partial charge in [-0.05, 0) is 41.4 Å². The van der Waals surface area contributed by atoms with Crippen molar-refractivity contribution in [3.8, 4) is 11.4 Å². The molecule has 0 radical (unpaired) electrons. The van der Waals surface area contributed by atoms with E-state index < -0.39 is 7.12 Å². The van der Waals surface area contributed by atoms with E-state index in [4.69, 9.17) is 14.5 Å². The van der Waals surface area contributed by atoms with Gasteiger partial charge < -0.3 is 24.1 Å². The zero-order chi connectivity index (χ0) is 17.4. The van der Waals surface area contributed by atoms with Gasteiger partial charge in [0.1, 0.15) is 5.75 Å². The second-order valence-corrected chi connectivity index (χ2v) is 7.00. The summed E-state index contributed by atoms with van der Waals surface area (Å²) >= 11 is 1.61. The Morgan fingerprint density at radius 1 is 1.28 bits per heavy atom. The second kappa shape index (κ2) is 6.76. The third-order valence-corrected chi connectivity index (χ3v) is 5.42. The van der Waals surface area contributed by atoms with Crippen LogP contribution in [-0.4, -0.2) is 41.3 Å². The van der Waals surface area contributed by atoms with Crippen molar-refractivity contribution in [1.29, 1.82) is 0 Å². The third-order valence-electron chi connectivity index (χ3n) is 4.39. The van der Waals surface area contributed by atoms with Crippen molar-refractivity contribution in [3.05, 3.63) is 48.2 Å². The quantitative estimate of drug-likeness (QED) is 0.541. The molecule has 25 heavy (non-hydrogen) atoms. The summed E-state index contributed by atoms with van der Waals surface area (Å²) in [5.41, 5.74) is 3.85. The van der Waals surface area contributed by atoms with Crippen molar-refractivity contribution in [2.45, 2.75) is 11.5 Å². The monoisotopic (exact) mass is 355 g/mol. The van der Waals surface area contributed by atoms with Gasteiger partial charge in [0.2, 0.25) is 0 Å². The van der Waals surface area contributed by atoms with Gasteiger partial charge in [0.15, 0.2) is 0 Å². The molecule has 0 saturated carbocycles. The number of hydrogen-bond donors (Lipinski definition) is 2. The number of methoxy groups -OCH3 is 1. The fourth-order valence-electron chi connectivity index (χ4n) is 3.14. The first-order chi connectivity index (χ1) is 12.2. The van der Waals surface area contributed by atoms with E-state index in [2.05, 4.69) is 10.8 Å². The summed E-state index contributed by atoms with van der Waals surface area (Å²) in [6, 6.07) is 12.0. The Bertz CT molecular complexity index is 927. The zero-order valence-corrected chi connectivity index (χ0v) is 14.6. The Hall–Kier alpha value is -1.93. The van der Waals surface area contributed by atoms with Crippen molar-refractivity contribution >= 4 is 35.2 Å². The number of benzene rings is 2. The predicted molar refractivity (Wildman–Crippen MR) is 100 cm³/mol. The summed E-state index contributed by atoms with van der Waals surface area (Å²) in [7, 11) is 0.792. The molecule has 5 nitrogen and oxygen atoms in total. The molecule has 2 heterocycles. The van der Waals surface area contributed by atoms with Gasteiger partial charge in [0.05, 0.1) is 25.8 Å². The number of aliphatic hydroxyl groups is 1. The molecule has 2 N–H and O–H groups in total. The minimum absolute atomic E-state index is 0.129. The highest BCUT2D eigenvalue weighted by molar-refractivity contribution is 7.99. The van der Waals surface area contributed by atoms with Crippen LogP contribution in [0.5, 0.6) is 5.75 Å². The van der Waals surface area contributed by atoms with Gasteiger partial charge in [-0.1, -0.05) is 6.07 Å². The van der Waals surface area contributed by atoms with Crippen LogP contribution in [0.2, 0.25) is 0 Å². The number of ether oxygens (including phenoxy) is 1. The van der Waals surface area contributed by atoms with Crippen LogP contribution in [0.25, 0.3) is 16.6 Å². The molecule has 1 aliphatic heterocycles. The third kappa shape index (κ3) is 2.93. The molecule has 0 spiro atoms. The Balaban J connectivity index is 1.85. The largest absolute Gasteiger partial charge is 0.497 e. The number of thioether (sulfide) groups is 1. The lowest BCUT2D eigenvalue weighted by Gasteiger charge is -2.08. The number of nitrogens with zero attached hydrogens (tertiary/aromatic N) is 1. The van der Waals surface area contributed by atoms with Gasteiger partial charge in [0, 0.05) is 27.9 Å². The van der Waals surface area contributed by atoms with E-state index in [0.29, 0.717) is 12.4 Å². The Morgan fingerprint density at radius 3 is 2.96 bits per heavy atom. The van der Waals surface area contributed by atoms with E-state index in [1.165, 1.54) is 0 Å². The lowest BCUT2D eigenvalue weighted by atomic mass is 9.79. The van der Waals surface area contributed by atoms with Gasteiger partial charge in [-0.25, -0.2) is 0 Å². The van der Waals surface area contributed by atoms with Crippen molar-refractivity contribution < 1.29 is 19.5 Å². The number of aromatic nitrogens is 1. The number of aliphatic hydroxyl groups excluding tert-OH is 1. The summed E-state index contributed by atoms with van der Waals surface area (Å²) in [5.74, 6) is 1.43. The lowest BCUT2D eigenvalue weighted by Crippen LogP contribution is -2.28. The highest BCUT2D eigenvalue weighted by atomic mass is 32.2. The van der Waals surface area contributed by atoms with E-state index in [0.717, 1.165) is 38.3 Å². The second-order valence-electron chi connectivity index (χ2n) is 5.86. The van der Waals surface area contributed by atoms with Gasteiger partial charge >= 0.3 is 7.12 Å². The fraction of sp³-hybridized carbons (Fsp3) is 0.222. The van der Waals surface area contributed by atoms with Crippen LogP contribution < -0.4 is 10.2 Å². The van der Waals surface area contributed by atoms with Crippen LogP contribution in [0.15, 0.2) is 47.5 Å². The molecule has 0 unspecified atom stereocenters. The molecule has 1 aromatic heterocycles. The van der Waals surface area contributed by atoms with E-state index in [9.17, 15) is 5.02 Å². The van der Waals surface area contributed by atoms with Gasteiger partial charge in [-0.3, -0.25) is 0 Å². The normalized spacial score (nSPS) is 13.5. The Morgan fingerprint density at radius 2 is 2.16 bits per heavy atom. The molecule has 0 bridgehead atoms. The molecule has 0 amide bonds. The van der Waals surface area contributed by atoms with Crippen LogP contribution in [0, 0.1) is 0 Å². The molecule has 0 atom stereocenters. The summed E-state index contributed by atoms with van der Waals surface area (Å²) in [6.07, 6.45) is 2.06. The SMILES string of the molecule is COc1ccc2c(c1)c(SCCO)cn2-c1ccc2c(c1)B(O)OC2. The number of hydrogen-bond acceptors (Lipinski definition) is 5. The van der Waals surface area contributed by atoms with Crippen molar-refractivity contribution in [3.63, 3.8) is 0 Å². The number of fused-ring (bicyclic) bond motifs is 2. The molecule has 0 aliphatic carbocycles. The molecule has 7 heteroatoms. The molecule has 1 aliphatic rings. The smallest absolute Gasteiger partial charge is 0.491 e. The molecule has 0 saturated heterocycles. The molecule has 128 valence electrons. The van der Waals surface area contributed by atoms with Crippen LogP contribution in [-0.2, 0) is 11.3 Å². The highest BCUT2D eigenvalue weighted by Gasteiger charge is 2.27. The van der Waals surface area contributed by atoms with Crippen LogP contribution in [0.4, 0.5) is 0 Å². The summed E-state index contributed by atoms with van der Waals surface area (Å²) in [6.45, 7) is 0.571. The first kappa shape index (κ1) is 16.5. The molecule has 3 aromatic rings. The average Bonchev–Trinajstić information content (AvgIpc) is 3.20. The minimum Gasteiger partial charge on any atom is -0.497 e. The van der Waals surface area contributed by atoms with Gasteiger partial charge in [-0.2, -0.15) is 0 Å². The Kier molecular flexibility index (Phi) is 4.47. The summed E-state index contributed by atoms with van der Waals surface area (Å²) in [4.78, 5) is 1.08.